The second-order valence-corrected chi connectivity index (χ2v) is 5.93. The minimum atomic E-state index is -4.37. The van der Waals surface area contributed by atoms with Crippen LogP contribution in [0.3, 0.4) is 0 Å². The van der Waals surface area contributed by atoms with Crippen LogP contribution in [0.5, 0.6) is 0 Å². The maximum Gasteiger partial charge on any atom is 0.416 e. The van der Waals surface area contributed by atoms with E-state index in [-0.39, 0.29) is 0 Å². The molecule has 0 unspecified atom stereocenters. The highest BCUT2D eigenvalue weighted by Gasteiger charge is 2.30. The fourth-order valence-corrected chi connectivity index (χ4v) is 2.72. The summed E-state index contributed by atoms with van der Waals surface area (Å²) < 4.78 is 39.0. The molecular formula is C20H19F3N2. The molecule has 25 heavy (non-hydrogen) atoms. The molecule has 0 radical (unpaired) electrons. The summed E-state index contributed by atoms with van der Waals surface area (Å²) in [6, 6.07) is 14.8. The number of nitrogens with zero attached hydrogens (tertiary/aromatic N) is 1. The Morgan fingerprint density at radius 1 is 1.00 bits per heavy atom. The van der Waals surface area contributed by atoms with E-state index in [2.05, 4.69) is 17.2 Å². The van der Waals surface area contributed by atoms with E-state index in [1.54, 1.807) is 6.07 Å². The molecule has 1 N–H and O–H groups in total. The van der Waals surface area contributed by atoms with Gasteiger partial charge in [-0.15, -0.1) is 0 Å². The Morgan fingerprint density at radius 3 is 2.56 bits per heavy atom. The summed E-state index contributed by atoms with van der Waals surface area (Å²) in [5, 5.41) is 4.35. The predicted molar refractivity (Wildman–Crippen MR) is 95.6 cm³/mol. The van der Waals surface area contributed by atoms with Crippen LogP contribution in [0.15, 0.2) is 54.6 Å². The largest absolute Gasteiger partial charge is 0.416 e. The van der Waals surface area contributed by atoms with Crippen molar-refractivity contribution in [3.8, 4) is 11.3 Å². The van der Waals surface area contributed by atoms with Crippen LogP contribution in [-0.2, 0) is 6.18 Å². The van der Waals surface area contributed by atoms with Crippen molar-refractivity contribution in [3.05, 3.63) is 60.2 Å². The summed E-state index contributed by atoms with van der Waals surface area (Å²) in [7, 11) is 0. The fraction of sp³-hybridized carbons (Fsp3) is 0.250. The molecule has 0 saturated heterocycles. The summed E-state index contributed by atoms with van der Waals surface area (Å²) >= 11 is 0. The number of fused-ring (bicyclic) bond motifs is 1. The lowest BCUT2D eigenvalue weighted by atomic mass is 10.0. The normalized spacial score (nSPS) is 11.7. The van der Waals surface area contributed by atoms with Gasteiger partial charge < -0.3 is 5.32 Å². The Balaban J connectivity index is 2.07. The van der Waals surface area contributed by atoms with Crippen molar-refractivity contribution in [1.29, 1.82) is 0 Å². The average Bonchev–Trinajstić information content (AvgIpc) is 2.61. The third-order valence-electron chi connectivity index (χ3n) is 4.05. The molecule has 2 nitrogen and oxygen atoms in total. The summed E-state index contributed by atoms with van der Waals surface area (Å²) in [4.78, 5) is 4.55. The molecule has 0 spiro atoms. The molecule has 0 aliphatic heterocycles. The van der Waals surface area contributed by atoms with Gasteiger partial charge in [-0.25, -0.2) is 4.98 Å². The summed E-state index contributed by atoms with van der Waals surface area (Å²) in [6.45, 7) is 2.92. The van der Waals surface area contributed by atoms with Gasteiger partial charge in [0.15, 0.2) is 0 Å². The average molecular weight is 344 g/mol. The number of hydrogen-bond donors (Lipinski definition) is 1. The summed E-state index contributed by atoms with van der Waals surface area (Å²) in [5.74, 6) is 0. The predicted octanol–water partition coefficient (Wildman–Crippen LogP) is 6.13. The topological polar surface area (TPSA) is 24.9 Å². The number of rotatable bonds is 5. The van der Waals surface area contributed by atoms with Crippen LogP contribution in [0.4, 0.5) is 18.9 Å². The Morgan fingerprint density at radius 2 is 1.80 bits per heavy atom. The van der Waals surface area contributed by atoms with Crippen LogP contribution >= 0.6 is 0 Å². The molecule has 1 heterocycles. The number of halogens is 3. The van der Waals surface area contributed by atoms with Crippen LogP contribution in [0.25, 0.3) is 22.2 Å². The van der Waals surface area contributed by atoms with E-state index in [4.69, 9.17) is 0 Å². The molecule has 3 aromatic rings. The molecule has 0 aliphatic rings. The van der Waals surface area contributed by atoms with Gasteiger partial charge in [0.2, 0.25) is 0 Å². The van der Waals surface area contributed by atoms with E-state index in [1.165, 1.54) is 6.07 Å². The summed E-state index contributed by atoms with van der Waals surface area (Å²) in [5.41, 5.74) is 1.98. The molecule has 0 aliphatic carbocycles. The van der Waals surface area contributed by atoms with Crippen LogP contribution in [-0.4, -0.2) is 11.5 Å². The highest BCUT2D eigenvalue weighted by Crippen LogP contribution is 2.33. The van der Waals surface area contributed by atoms with E-state index in [1.807, 2.05) is 30.3 Å². The number of nitrogens with one attached hydrogen (secondary N) is 1. The quantitative estimate of drug-likeness (QED) is 0.563. The van der Waals surface area contributed by atoms with E-state index < -0.39 is 11.7 Å². The Hall–Kier alpha value is -2.56. The number of benzene rings is 2. The number of aromatic nitrogens is 1. The van der Waals surface area contributed by atoms with E-state index >= 15 is 0 Å². The van der Waals surface area contributed by atoms with E-state index in [9.17, 15) is 13.2 Å². The van der Waals surface area contributed by atoms with Gasteiger partial charge >= 0.3 is 6.18 Å². The van der Waals surface area contributed by atoms with Gasteiger partial charge in [-0.2, -0.15) is 13.2 Å². The Bertz CT molecular complexity index is 872. The number of anilines is 1. The maximum absolute atomic E-state index is 13.0. The van der Waals surface area contributed by atoms with Gasteiger partial charge in [0.1, 0.15) is 0 Å². The number of alkyl halides is 3. The van der Waals surface area contributed by atoms with Crippen LogP contribution in [0.1, 0.15) is 25.3 Å². The maximum atomic E-state index is 13.0. The molecule has 0 amide bonds. The van der Waals surface area contributed by atoms with Crippen LogP contribution in [0.2, 0.25) is 0 Å². The highest BCUT2D eigenvalue weighted by molar-refractivity contribution is 5.93. The van der Waals surface area contributed by atoms with E-state index in [0.717, 1.165) is 48.1 Å². The van der Waals surface area contributed by atoms with E-state index in [0.29, 0.717) is 11.3 Å². The molecule has 0 fully saturated rings. The second-order valence-electron chi connectivity index (χ2n) is 5.93. The number of hydrogen-bond acceptors (Lipinski definition) is 2. The van der Waals surface area contributed by atoms with Crippen molar-refractivity contribution in [2.24, 2.45) is 0 Å². The lowest BCUT2D eigenvalue weighted by Gasteiger charge is -2.13. The third-order valence-corrected chi connectivity index (χ3v) is 4.05. The first-order valence-corrected chi connectivity index (χ1v) is 8.30. The summed E-state index contributed by atoms with van der Waals surface area (Å²) in [6.07, 6.45) is -2.28. The monoisotopic (exact) mass is 344 g/mol. The zero-order chi connectivity index (χ0) is 17.9. The number of pyridine rings is 1. The molecular weight excluding hydrogens is 325 g/mol. The van der Waals surface area contributed by atoms with Crippen molar-refractivity contribution in [2.75, 3.05) is 11.9 Å². The number of para-hydroxylation sites is 1. The van der Waals surface area contributed by atoms with Crippen molar-refractivity contribution in [1.82, 2.24) is 4.98 Å². The van der Waals surface area contributed by atoms with Crippen LogP contribution < -0.4 is 5.32 Å². The molecule has 2 aromatic carbocycles. The van der Waals surface area contributed by atoms with Gasteiger partial charge in [-0.05, 0) is 30.7 Å². The standard InChI is InChI=1S/C20H19F3N2/c1-2-3-11-24-19-13-18(25-17-10-5-4-9-16(17)19)14-7-6-8-15(12-14)20(21,22)23/h4-10,12-13H,2-3,11H2,1H3,(H,24,25). The van der Waals surface area contributed by atoms with Gasteiger partial charge in [0, 0.05) is 23.2 Å². The highest BCUT2D eigenvalue weighted by atomic mass is 19.4. The van der Waals surface area contributed by atoms with Gasteiger partial charge in [-0.3, -0.25) is 0 Å². The zero-order valence-corrected chi connectivity index (χ0v) is 13.9. The number of unbranched alkanes of at least 4 members (excludes halogenated alkanes) is 1. The van der Waals surface area contributed by atoms with Crippen molar-refractivity contribution >= 4 is 16.6 Å². The van der Waals surface area contributed by atoms with Gasteiger partial charge in [0.25, 0.3) is 0 Å². The minimum Gasteiger partial charge on any atom is -0.384 e. The zero-order valence-electron chi connectivity index (χ0n) is 13.9. The smallest absolute Gasteiger partial charge is 0.384 e. The molecule has 3 rings (SSSR count). The molecule has 0 bridgehead atoms. The molecule has 0 saturated carbocycles. The minimum absolute atomic E-state index is 0.458. The van der Waals surface area contributed by atoms with Gasteiger partial charge in [-0.1, -0.05) is 43.7 Å². The van der Waals surface area contributed by atoms with Crippen LogP contribution in [0, 0.1) is 0 Å². The first-order chi connectivity index (χ1) is 12.0. The first kappa shape index (κ1) is 17.3. The molecule has 5 heteroatoms. The second kappa shape index (κ2) is 7.13. The van der Waals surface area contributed by atoms with Crippen molar-refractivity contribution < 1.29 is 13.2 Å². The lowest BCUT2D eigenvalue weighted by molar-refractivity contribution is -0.137. The Kier molecular flexibility index (Phi) is 4.93. The van der Waals surface area contributed by atoms with Crippen molar-refractivity contribution in [2.45, 2.75) is 25.9 Å². The molecule has 1 aromatic heterocycles. The van der Waals surface area contributed by atoms with Crippen molar-refractivity contribution in [3.63, 3.8) is 0 Å². The first-order valence-electron chi connectivity index (χ1n) is 8.30. The SMILES string of the molecule is CCCCNc1cc(-c2cccc(C(F)(F)F)c2)nc2ccccc12. The lowest BCUT2D eigenvalue weighted by Crippen LogP contribution is -2.05. The molecule has 130 valence electrons. The third kappa shape index (κ3) is 3.92. The van der Waals surface area contributed by atoms with Gasteiger partial charge in [0.05, 0.1) is 16.8 Å². The molecule has 0 atom stereocenters. The Labute approximate surface area is 144 Å². The fourth-order valence-electron chi connectivity index (χ4n) is 2.72.